The van der Waals surface area contributed by atoms with Crippen molar-refractivity contribution in [2.45, 2.75) is 46.1 Å². The first-order valence-electron chi connectivity index (χ1n) is 7.66. The highest BCUT2D eigenvalue weighted by Gasteiger charge is 2.26. The monoisotopic (exact) mass is 300 g/mol. The Kier molecular flexibility index (Phi) is 6.95. The summed E-state index contributed by atoms with van der Waals surface area (Å²) in [6.45, 7) is 10.3. The van der Waals surface area contributed by atoms with Crippen LogP contribution >= 0.6 is 0 Å². The van der Waals surface area contributed by atoms with Crippen molar-refractivity contribution in [3.8, 4) is 0 Å². The Labute approximate surface area is 127 Å². The number of rotatable bonds is 5. The van der Waals surface area contributed by atoms with E-state index in [9.17, 15) is 9.59 Å². The summed E-state index contributed by atoms with van der Waals surface area (Å²) in [6, 6.07) is 0. The maximum Gasteiger partial charge on any atom is 0.410 e. The van der Waals surface area contributed by atoms with E-state index in [0.717, 1.165) is 19.4 Å². The molecule has 1 saturated heterocycles. The van der Waals surface area contributed by atoms with Crippen LogP contribution in [-0.2, 0) is 14.3 Å². The van der Waals surface area contributed by atoms with Gasteiger partial charge in [0, 0.05) is 13.1 Å². The Morgan fingerprint density at radius 3 is 2.38 bits per heavy atom. The molecular formula is C15H28N2O4. The van der Waals surface area contributed by atoms with Crippen molar-refractivity contribution >= 4 is 12.1 Å². The Hall–Kier alpha value is -1.30. The number of likely N-dealkylation sites (tertiary alicyclic amines) is 1. The Morgan fingerprint density at radius 1 is 1.24 bits per heavy atom. The van der Waals surface area contributed by atoms with Crippen LogP contribution in [-0.4, -0.2) is 55.3 Å². The lowest BCUT2D eigenvalue weighted by Gasteiger charge is -2.33. The van der Waals surface area contributed by atoms with Gasteiger partial charge in [0.1, 0.15) is 5.60 Å². The highest BCUT2D eigenvalue weighted by atomic mass is 16.6. The average molecular weight is 300 g/mol. The summed E-state index contributed by atoms with van der Waals surface area (Å²) in [6.07, 6.45) is 1.62. The molecule has 1 aliphatic rings. The molecule has 21 heavy (non-hydrogen) atoms. The number of esters is 1. The van der Waals surface area contributed by atoms with E-state index in [2.05, 4.69) is 5.32 Å². The third kappa shape index (κ3) is 7.32. The van der Waals surface area contributed by atoms with E-state index in [-0.39, 0.29) is 18.6 Å². The highest BCUT2D eigenvalue weighted by molar-refractivity contribution is 5.71. The number of carbonyl (C=O) groups excluding carboxylic acids is 2. The predicted octanol–water partition coefficient (Wildman–Crippen LogP) is 1.79. The molecule has 1 fully saturated rings. The molecule has 6 nitrogen and oxygen atoms in total. The second-order valence-electron chi connectivity index (χ2n) is 6.35. The third-order valence-corrected chi connectivity index (χ3v) is 3.27. The minimum absolute atomic E-state index is 0.219. The van der Waals surface area contributed by atoms with Crippen LogP contribution in [0.1, 0.15) is 40.5 Å². The Bertz CT molecular complexity index is 344. The van der Waals surface area contributed by atoms with E-state index in [0.29, 0.717) is 25.6 Å². The molecule has 0 unspecified atom stereocenters. The first kappa shape index (κ1) is 17.8. The summed E-state index contributed by atoms with van der Waals surface area (Å²) in [4.78, 5) is 24.9. The van der Waals surface area contributed by atoms with Crippen LogP contribution in [0.25, 0.3) is 0 Å². The van der Waals surface area contributed by atoms with Gasteiger partial charge in [0.2, 0.25) is 0 Å². The number of hydrogen-bond acceptors (Lipinski definition) is 5. The Morgan fingerprint density at radius 2 is 1.86 bits per heavy atom. The molecule has 1 aliphatic heterocycles. The summed E-state index contributed by atoms with van der Waals surface area (Å²) in [5.41, 5.74) is -0.449. The van der Waals surface area contributed by atoms with Crippen molar-refractivity contribution in [1.29, 1.82) is 0 Å². The molecule has 1 rings (SSSR count). The molecule has 6 heteroatoms. The van der Waals surface area contributed by atoms with Gasteiger partial charge in [-0.25, -0.2) is 4.79 Å². The molecule has 1 N–H and O–H groups in total. The summed E-state index contributed by atoms with van der Waals surface area (Å²) >= 11 is 0. The summed E-state index contributed by atoms with van der Waals surface area (Å²) in [5.74, 6) is 0.266. The van der Waals surface area contributed by atoms with Crippen LogP contribution in [0.3, 0.4) is 0 Å². The Balaban J connectivity index is 2.20. The molecule has 0 bridgehead atoms. The van der Waals surface area contributed by atoms with Gasteiger partial charge in [-0.15, -0.1) is 0 Å². The molecular weight excluding hydrogens is 272 g/mol. The largest absolute Gasteiger partial charge is 0.465 e. The number of amides is 1. The molecule has 1 heterocycles. The van der Waals surface area contributed by atoms with Gasteiger partial charge >= 0.3 is 12.1 Å². The lowest BCUT2D eigenvalue weighted by molar-refractivity contribution is -0.142. The standard InChI is InChI=1S/C15H28N2O4/c1-5-20-13(18)11-16-10-12-6-8-17(9-7-12)14(19)21-15(2,3)4/h12,16H,5-11H2,1-4H3. The smallest absolute Gasteiger partial charge is 0.410 e. The molecule has 0 spiro atoms. The number of piperidine rings is 1. The maximum atomic E-state index is 11.9. The van der Waals surface area contributed by atoms with Gasteiger partial charge in [0.05, 0.1) is 13.2 Å². The van der Waals surface area contributed by atoms with Crippen LogP contribution in [0.4, 0.5) is 4.79 Å². The van der Waals surface area contributed by atoms with Gasteiger partial charge in [-0.05, 0) is 53.0 Å². The second kappa shape index (κ2) is 8.22. The fraction of sp³-hybridized carbons (Fsp3) is 0.867. The number of ether oxygens (including phenoxy) is 2. The van der Waals surface area contributed by atoms with Crippen LogP contribution in [0.2, 0.25) is 0 Å². The molecule has 0 radical (unpaired) electrons. The fourth-order valence-electron chi connectivity index (χ4n) is 2.24. The molecule has 0 aromatic rings. The normalized spacial score (nSPS) is 16.7. The molecule has 122 valence electrons. The van der Waals surface area contributed by atoms with E-state index in [1.54, 1.807) is 11.8 Å². The van der Waals surface area contributed by atoms with Crippen molar-refractivity contribution < 1.29 is 19.1 Å². The van der Waals surface area contributed by atoms with Crippen LogP contribution < -0.4 is 5.32 Å². The zero-order valence-electron chi connectivity index (χ0n) is 13.6. The fourth-order valence-corrected chi connectivity index (χ4v) is 2.24. The number of carbonyl (C=O) groups is 2. The van der Waals surface area contributed by atoms with Crippen LogP contribution in [0.15, 0.2) is 0 Å². The molecule has 0 saturated carbocycles. The predicted molar refractivity (Wildman–Crippen MR) is 80.0 cm³/mol. The number of hydrogen-bond donors (Lipinski definition) is 1. The van der Waals surface area contributed by atoms with Gasteiger partial charge in [-0.3, -0.25) is 4.79 Å². The van der Waals surface area contributed by atoms with E-state index >= 15 is 0 Å². The minimum atomic E-state index is -0.449. The van der Waals surface area contributed by atoms with Crippen LogP contribution in [0.5, 0.6) is 0 Å². The van der Waals surface area contributed by atoms with Crippen molar-refractivity contribution in [2.24, 2.45) is 5.92 Å². The van der Waals surface area contributed by atoms with Crippen LogP contribution in [0, 0.1) is 5.92 Å². The van der Waals surface area contributed by atoms with Gasteiger partial charge in [0.15, 0.2) is 0 Å². The van der Waals surface area contributed by atoms with Gasteiger partial charge in [-0.2, -0.15) is 0 Å². The lowest BCUT2D eigenvalue weighted by atomic mass is 9.97. The molecule has 0 aromatic heterocycles. The summed E-state index contributed by atoms with van der Waals surface area (Å²) < 4.78 is 10.2. The summed E-state index contributed by atoms with van der Waals surface area (Å²) in [5, 5.41) is 3.11. The van der Waals surface area contributed by atoms with Gasteiger partial charge in [0.25, 0.3) is 0 Å². The number of nitrogens with one attached hydrogen (secondary N) is 1. The second-order valence-corrected chi connectivity index (χ2v) is 6.35. The first-order valence-corrected chi connectivity index (χ1v) is 7.66. The van der Waals surface area contributed by atoms with Crippen molar-refractivity contribution in [2.75, 3.05) is 32.8 Å². The van der Waals surface area contributed by atoms with Crippen molar-refractivity contribution in [1.82, 2.24) is 10.2 Å². The van der Waals surface area contributed by atoms with Gasteiger partial charge in [-0.1, -0.05) is 0 Å². The molecule has 0 aliphatic carbocycles. The molecule has 0 atom stereocenters. The van der Waals surface area contributed by atoms with E-state index in [1.807, 2.05) is 20.8 Å². The zero-order valence-corrected chi connectivity index (χ0v) is 13.6. The average Bonchev–Trinajstić information content (AvgIpc) is 2.38. The minimum Gasteiger partial charge on any atom is -0.465 e. The maximum absolute atomic E-state index is 11.9. The third-order valence-electron chi connectivity index (χ3n) is 3.27. The quantitative estimate of drug-likeness (QED) is 0.784. The summed E-state index contributed by atoms with van der Waals surface area (Å²) in [7, 11) is 0. The first-order chi connectivity index (χ1) is 9.81. The SMILES string of the molecule is CCOC(=O)CNCC1CCN(C(=O)OC(C)(C)C)CC1. The van der Waals surface area contributed by atoms with Crippen molar-refractivity contribution in [3.63, 3.8) is 0 Å². The van der Waals surface area contributed by atoms with E-state index in [4.69, 9.17) is 9.47 Å². The molecule has 1 amide bonds. The van der Waals surface area contributed by atoms with Gasteiger partial charge < -0.3 is 19.7 Å². The topological polar surface area (TPSA) is 67.9 Å². The highest BCUT2D eigenvalue weighted by Crippen LogP contribution is 2.19. The lowest BCUT2D eigenvalue weighted by Crippen LogP contribution is -2.43. The van der Waals surface area contributed by atoms with E-state index in [1.165, 1.54) is 0 Å². The zero-order chi connectivity index (χ0) is 15.9. The molecule has 0 aromatic carbocycles. The van der Waals surface area contributed by atoms with E-state index < -0.39 is 5.60 Å². The van der Waals surface area contributed by atoms with Crippen molar-refractivity contribution in [3.05, 3.63) is 0 Å². The number of nitrogens with zero attached hydrogens (tertiary/aromatic N) is 1.